The molecule has 1 aromatic heterocycles. The molecule has 0 bridgehead atoms. The fourth-order valence-electron chi connectivity index (χ4n) is 3.16. The Morgan fingerprint density at radius 1 is 0.897 bits per heavy atom. The summed E-state index contributed by atoms with van der Waals surface area (Å²) in [7, 11) is 0. The standard InChI is InChI=1S/C24H18F2N2O/c25-20-8-4-7-17(11-20)15-27-24(29)22-14-19-13-21(26)12-18(23(19)28-22)10-9-16-5-2-1-3-6-16/h1-14,28H,15H2,(H,27,29). The number of H-pyrrole nitrogens is 1. The van der Waals surface area contributed by atoms with Gasteiger partial charge in [-0.05, 0) is 41.5 Å². The molecular formula is C24H18F2N2O. The summed E-state index contributed by atoms with van der Waals surface area (Å²) in [6, 6.07) is 20.1. The monoisotopic (exact) mass is 388 g/mol. The smallest absolute Gasteiger partial charge is 0.267 e. The Hall–Kier alpha value is -3.73. The molecule has 0 fully saturated rings. The van der Waals surface area contributed by atoms with Crippen LogP contribution in [0.15, 0.2) is 72.8 Å². The largest absolute Gasteiger partial charge is 0.350 e. The van der Waals surface area contributed by atoms with Crippen molar-refractivity contribution in [3.63, 3.8) is 0 Å². The van der Waals surface area contributed by atoms with Gasteiger partial charge >= 0.3 is 0 Å². The lowest BCUT2D eigenvalue weighted by Gasteiger charge is -2.04. The number of aromatic nitrogens is 1. The van der Waals surface area contributed by atoms with E-state index in [1.54, 1.807) is 18.2 Å². The molecule has 0 aliphatic heterocycles. The van der Waals surface area contributed by atoms with Crippen molar-refractivity contribution >= 4 is 29.0 Å². The lowest BCUT2D eigenvalue weighted by Crippen LogP contribution is -2.23. The fraction of sp³-hybridized carbons (Fsp3) is 0.0417. The van der Waals surface area contributed by atoms with Crippen LogP contribution in [0.2, 0.25) is 0 Å². The van der Waals surface area contributed by atoms with E-state index in [0.29, 0.717) is 27.7 Å². The minimum atomic E-state index is -0.379. The van der Waals surface area contributed by atoms with Crippen molar-refractivity contribution in [2.45, 2.75) is 6.54 Å². The van der Waals surface area contributed by atoms with Gasteiger partial charge in [0.25, 0.3) is 5.91 Å². The van der Waals surface area contributed by atoms with Gasteiger partial charge in [0.2, 0.25) is 0 Å². The van der Waals surface area contributed by atoms with Gasteiger partial charge in [-0.2, -0.15) is 0 Å². The van der Waals surface area contributed by atoms with Crippen molar-refractivity contribution in [1.82, 2.24) is 10.3 Å². The van der Waals surface area contributed by atoms with Gasteiger partial charge in [-0.25, -0.2) is 8.78 Å². The van der Waals surface area contributed by atoms with Crippen LogP contribution in [0, 0.1) is 11.6 Å². The molecule has 1 amide bonds. The molecule has 5 heteroatoms. The summed E-state index contributed by atoms with van der Waals surface area (Å²) in [4.78, 5) is 15.6. The highest BCUT2D eigenvalue weighted by Gasteiger charge is 2.12. The third-order valence-electron chi connectivity index (χ3n) is 4.57. The number of rotatable bonds is 5. The molecule has 4 aromatic rings. The van der Waals surface area contributed by atoms with E-state index in [2.05, 4.69) is 10.3 Å². The molecule has 0 aliphatic rings. The number of halogens is 2. The highest BCUT2D eigenvalue weighted by atomic mass is 19.1. The highest BCUT2D eigenvalue weighted by Crippen LogP contribution is 2.23. The van der Waals surface area contributed by atoms with Gasteiger partial charge in [0.15, 0.2) is 0 Å². The lowest BCUT2D eigenvalue weighted by molar-refractivity contribution is 0.0946. The number of aromatic amines is 1. The second-order valence-corrected chi connectivity index (χ2v) is 6.70. The van der Waals surface area contributed by atoms with E-state index >= 15 is 0 Å². The maximum atomic E-state index is 14.1. The Labute approximate surface area is 166 Å². The van der Waals surface area contributed by atoms with Crippen LogP contribution in [0.3, 0.4) is 0 Å². The first-order valence-electron chi connectivity index (χ1n) is 9.16. The summed E-state index contributed by atoms with van der Waals surface area (Å²) in [5.41, 5.74) is 3.29. The molecule has 1 heterocycles. The zero-order chi connectivity index (χ0) is 20.2. The summed E-state index contributed by atoms with van der Waals surface area (Å²) < 4.78 is 27.3. The Balaban J connectivity index is 1.58. The second kappa shape index (κ2) is 8.10. The van der Waals surface area contributed by atoms with Crippen molar-refractivity contribution in [3.05, 3.63) is 107 Å². The number of hydrogen-bond acceptors (Lipinski definition) is 1. The number of benzene rings is 3. The lowest BCUT2D eigenvalue weighted by atomic mass is 10.1. The van der Waals surface area contributed by atoms with Crippen molar-refractivity contribution < 1.29 is 13.6 Å². The quantitative estimate of drug-likeness (QED) is 0.433. The Kier molecular flexibility index (Phi) is 5.20. The first-order chi connectivity index (χ1) is 14.1. The molecule has 3 aromatic carbocycles. The number of nitrogens with one attached hydrogen (secondary N) is 2. The summed E-state index contributed by atoms with van der Waals surface area (Å²) in [5.74, 6) is -1.08. The van der Waals surface area contributed by atoms with E-state index in [0.717, 1.165) is 5.56 Å². The maximum absolute atomic E-state index is 14.1. The average molecular weight is 388 g/mol. The molecule has 0 atom stereocenters. The summed E-state index contributed by atoms with van der Waals surface area (Å²) in [6.45, 7) is 0.196. The maximum Gasteiger partial charge on any atom is 0.267 e. The van der Waals surface area contributed by atoms with E-state index in [1.165, 1.54) is 24.3 Å². The predicted molar refractivity (Wildman–Crippen MR) is 111 cm³/mol. The molecule has 0 saturated carbocycles. The van der Waals surface area contributed by atoms with Gasteiger partial charge in [-0.1, -0.05) is 54.6 Å². The van der Waals surface area contributed by atoms with Crippen molar-refractivity contribution in [2.75, 3.05) is 0 Å². The number of amides is 1. The van der Waals surface area contributed by atoms with E-state index in [1.807, 2.05) is 42.5 Å². The molecule has 0 aliphatic carbocycles. The van der Waals surface area contributed by atoms with Crippen LogP contribution in [-0.2, 0) is 6.54 Å². The van der Waals surface area contributed by atoms with Gasteiger partial charge in [0.05, 0.1) is 5.52 Å². The van der Waals surface area contributed by atoms with Crippen LogP contribution in [0.4, 0.5) is 8.78 Å². The predicted octanol–water partition coefficient (Wildman–Crippen LogP) is 5.55. The zero-order valence-corrected chi connectivity index (χ0v) is 15.5. The van der Waals surface area contributed by atoms with E-state index in [4.69, 9.17) is 0 Å². The number of carbonyl (C=O) groups excluding carboxylic acids is 1. The summed E-state index contributed by atoms with van der Waals surface area (Å²) in [5, 5.41) is 3.35. The zero-order valence-electron chi connectivity index (χ0n) is 15.5. The Bertz CT molecular complexity index is 1200. The van der Waals surface area contributed by atoms with Gasteiger partial charge < -0.3 is 10.3 Å². The number of fused-ring (bicyclic) bond motifs is 1. The van der Waals surface area contributed by atoms with Crippen molar-refractivity contribution in [1.29, 1.82) is 0 Å². The molecule has 0 saturated heterocycles. The minimum Gasteiger partial charge on any atom is -0.350 e. The first-order valence-corrected chi connectivity index (χ1v) is 9.16. The van der Waals surface area contributed by atoms with E-state index in [9.17, 15) is 13.6 Å². The van der Waals surface area contributed by atoms with Crippen LogP contribution in [0.25, 0.3) is 23.1 Å². The molecular weight excluding hydrogens is 370 g/mol. The minimum absolute atomic E-state index is 0.196. The molecule has 0 unspecified atom stereocenters. The van der Waals surface area contributed by atoms with Crippen LogP contribution in [0.5, 0.6) is 0 Å². The average Bonchev–Trinajstić information content (AvgIpc) is 3.15. The van der Waals surface area contributed by atoms with Gasteiger partial charge in [0.1, 0.15) is 17.3 Å². The van der Waals surface area contributed by atoms with E-state index in [-0.39, 0.29) is 24.1 Å². The summed E-state index contributed by atoms with van der Waals surface area (Å²) in [6.07, 6.45) is 3.70. The number of carbonyl (C=O) groups is 1. The molecule has 0 radical (unpaired) electrons. The summed E-state index contributed by atoms with van der Waals surface area (Å²) >= 11 is 0. The molecule has 0 spiro atoms. The highest BCUT2D eigenvalue weighted by molar-refractivity contribution is 6.00. The fourth-order valence-corrected chi connectivity index (χ4v) is 3.16. The Morgan fingerprint density at radius 2 is 1.72 bits per heavy atom. The van der Waals surface area contributed by atoms with Crippen molar-refractivity contribution in [3.8, 4) is 0 Å². The van der Waals surface area contributed by atoms with Crippen LogP contribution >= 0.6 is 0 Å². The van der Waals surface area contributed by atoms with Gasteiger partial charge in [-0.3, -0.25) is 4.79 Å². The SMILES string of the molecule is O=C(NCc1cccc(F)c1)c1cc2cc(F)cc(C=Cc3ccccc3)c2[nH]1. The van der Waals surface area contributed by atoms with Crippen LogP contribution < -0.4 is 5.32 Å². The molecule has 144 valence electrons. The van der Waals surface area contributed by atoms with E-state index < -0.39 is 0 Å². The molecule has 4 rings (SSSR count). The third kappa shape index (κ3) is 4.41. The van der Waals surface area contributed by atoms with Crippen LogP contribution in [0.1, 0.15) is 27.2 Å². The van der Waals surface area contributed by atoms with Gasteiger partial charge in [-0.15, -0.1) is 0 Å². The normalized spacial score (nSPS) is 11.2. The van der Waals surface area contributed by atoms with Crippen LogP contribution in [-0.4, -0.2) is 10.9 Å². The van der Waals surface area contributed by atoms with Crippen molar-refractivity contribution in [2.24, 2.45) is 0 Å². The molecule has 29 heavy (non-hydrogen) atoms. The molecule has 2 N–H and O–H groups in total. The second-order valence-electron chi connectivity index (χ2n) is 6.70. The topological polar surface area (TPSA) is 44.9 Å². The Morgan fingerprint density at radius 3 is 2.52 bits per heavy atom. The number of hydrogen-bond donors (Lipinski definition) is 2. The first kappa shape index (κ1) is 18.6. The molecule has 3 nitrogen and oxygen atoms in total. The third-order valence-corrected chi connectivity index (χ3v) is 4.57. The van der Waals surface area contributed by atoms with Gasteiger partial charge in [0, 0.05) is 17.5 Å².